The fourth-order valence-electron chi connectivity index (χ4n) is 2.78. The number of aliphatic hydroxyl groups is 1. The number of carbonyl (C=O) groups is 1. The molecule has 0 unspecified atom stereocenters. The Labute approximate surface area is 137 Å². The highest BCUT2D eigenvalue weighted by Gasteiger charge is 2.25. The second kappa shape index (κ2) is 7.12. The minimum Gasteiger partial charge on any atom is -0.394 e. The molecule has 1 aromatic heterocycles. The molecule has 2 rings (SSSR count). The van der Waals surface area contributed by atoms with Gasteiger partial charge in [0, 0.05) is 25.2 Å². The fourth-order valence-corrected chi connectivity index (χ4v) is 2.78. The van der Waals surface area contributed by atoms with Gasteiger partial charge in [0.2, 0.25) is 5.91 Å². The van der Waals surface area contributed by atoms with Crippen LogP contribution in [-0.2, 0) is 4.79 Å². The molecule has 1 aliphatic heterocycles. The normalized spacial score (nSPS) is 18.1. The van der Waals surface area contributed by atoms with E-state index >= 15 is 0 Å². The average molecular weight is 321 g/mol. The molecule has 2 N–H and O–H groups in total. The molecule has 1 atom stereocenters. The summed E-state index contributed by atoms with van der Waals surface area (Å²) in [6.07, 6.45) is 3.53. The number of amides is 1. The Hall–Kier alpha value is -1.89. The molecule has 23 heavy (non-hydrogen) atoms. The summed E-state index contributed by atoms with van der Waals surface area (Å²) in [5.41, 5.74) is -0.251. The molecule has 1 amide bonds. The number of nitrogens with one attached hydrogen (secondary N) is 1. The van der Waals surface area contributed by atoms with Crippen molar-refractivity contribution in [2.75, 3.05) is 36.5 Å². The van der Waals surface area contributed by atoms with Gasteiger partial charge in [-0.2, -0.15) is 0 Å². The predicted octanol–water partition coefficient (Wildman–Crippen LogP) is 0.789. The Morgan fingerprint density at radius 1 is 1.48 bits per heavy atom. The third-order valence-electron chi connectivity index (χ3n) is 3.81. The molecule has 0 aromatic carbocycles. The predicted molar refractivity (Wildman–Crippen MR) is 90.7 cm³/mol. The second-order valence-corrected chi connectivity index (χ2v) is 7.06. The van der Waals surface area contributed by atoms with E-state index in [0.717, 1.165) is 25.2 Å². The van der Waals surface area contributed by atoms with Crippen molar-refractivity contribution in [2.24, 2.45) is 0 Å². The highest BCUT2D eigenvalue weighted by molar-refractivity contribution is 5.81. The topological polar surface area (TPSA) is 81.6 Å². The van der Waals surface area contributed by atoms with Gasteiger partial charge in [0.1, 0.15) is 18.0 Å². The monoisotopic (exact) mass is 321 g/mol. The van der Waals surface area contributed by atoms with Gasteiger partial charge in [-0.3, -0.25) is 4.79 Å². The van der Waals surface area contributed by atoms with Crippen molar-refractivity contribution >= 4 is 17.5 Å². The number of carbonyl (C=O) groups excluding carboxylic acids is 1. The number of aliphatic hydroxyl groups excluding tert-OH is 1. The number of hydrogen-bond acceptors (Lipinski definition) is 6. The summed E-state index contributed by atoms with van der Waals surface area (Å²) in [5, 5.41) is 12.4. The SMILES string of the molecule is CN(CC(=O)NC(C)(C)C)c1cc(N2CCC[C@@H]2CO)ncn1. The first-order valence-electron chi connectivity index (χ1n) is 8.02. The maximum Gasteiger partial charge on any atom is 0.239 e. The molecule has 1 fully saturated rings. The molecular formula is C16H27N5O2. The van der Waals surface area contributed by atoms with Gasteiger partial charge in [0.05, 0.1) is 19.2 Å². The van der Waals surface area contributed by atoms with Crippen LogP contribution in [0.4, 0.5) is 11.6 Å². The minimum absolute atomic E-state index is 0.0467. The van der Waals surface area contributed by atoms with Gasteiger partial charge in [-0.15, -0.1) is 0 Å². The first-order chi connectivity index (χ1) is 10.8. The molecule has 1 aromatic rings. The van der Waals surface area contributed by atoms with Crippen molar-refractivity contribution < 1.29 is 9.90 Å². The van der Waals surface area contributed by atoms with E-state index in [0.29, 0.717) is 5.82 Å². The summed E-state index contributed by atoms with van der Waals surface area (Å²) >= 11 is 0. The fraction of sp³-hybridized carbons (Fsp3) is 0.688. The van der Waals surface area contributed by atoms with Gasteiger partial charge in [-0.25, -0.2) is 9.97 Å². The molecule has 7 heteroatoms. The summed E-state index contributed by atoms with van der Waals surface area (Å²) in [6, 6.07) is 1.99. The lowest BCUT2D eigenvalue weighted by atomic mass is 10.1. The van der Waals surface area contributed by atoms with Crippen molar-refractivity contribution in [3.63, 3.8) is 0 Å². The Balaban J connectivity index is 2.05. The summed E-state index contributed by atoms with van der Waals surface area (Å²) < 4.78 is 0. The van der Waals surface area contributed by atoms with Crippen LogP contribution in [0, 0.1) is 0 Å². The zero-order chi connectivity index (χ0) is 17.0. The Bertz CT molecular complexity index is 544. The van der Waals surface area contributed by atoms with Crippen LogP contribution < -0.4 is 15.1 Å². The van der Waals surface area contributed by atoms with E-state index in [1.54, 1.807) is 4.90 Å². The molecule has 0 saturated carbocycles. The first-order valence-corrected chi connectivity index (χ1v) is 8.02. The molecule has 128 valence electrons. The van der Waals surface area contributed by atoms with E-state index in [1.807, 2.05) is 33.9 Å². The highest BCUT2D eigenvalue weighted by Crippen LogP contribution is 2.25. The van der Waals surface area contributed by atoms with Crippen molar-refractivity contribution in [3.05, 3.63) is 12.4 Å². The van der Waals surface area contributed by atoms with Crippen LogP contribution in [0.2, 0.25) is 0 Å². The van der Waals surface area contributed by atoms with Crippen LogP contribution >= 0.6 is 0 Å². The molecule has 7 nitrogen and oxygen atoms in total. The van der Waals surface area contributed by atoms with Gasteiger partial charge in [-0.05, 0) is 33.6 Å². The largest absolute Gasteiger partial charge is 0.394 e. The van der Waals surface area contributed by atoms with Crippen LogP contribution in [-0.4, -0.2) is 59.3 Å². The van der Waals surface area contributed by atoms with E-state index in [4.69, 9.17) is 0 Å². The quantitative estimate of drug-likeness (QED) is 0.834. The van der Waals surface area contributed by atoms with Crippen LogP contribution in [0.5, 0.6) is 0 Å². The van der Waals surface area contributed by atoms with Gasteiger partial charge in [0.25, 0.3) is 0 Å². The second-order valence-electron chi connectivity index (χ2n) is 7.06. The molecule has 0 spiro atoms. The highest BCUT2D eigenvalue weighted by atomic mass is 16.3. The molecule has 0 bridgehead atoms. The van der Waals surface area contributed by atoms with Gasteiger partial charge >= 0.3 is 0 Å². The lowest BCUT2D eigenvalue weighted by molar-refractivity contribution is -0.121. The Morgan fingerprint density at radius 3 is 2.87 bits per heavy atom. The molecule has 2 heterocycles. The van der Waals surface area contributed by atoms with E-state index in [2.05, 4.69) is 20.2 Å². The number of rotatable bonds is 5. The van der Waals surface area contributed by atoms with E-state index in [9.17, 15) is 9.90 Å². The number of anilines is 2. The van der Waals surface area contributed by atoms with Crippen LogP contribution in [0.25, 0.3) is 0 Å². The first kappa shape index (κ1) is 17.5. The van der Waals surface area contributed by atoms with Gasteiger partial charge < -0.3 is 20.2 Å². The number of likely N-dealkylation sites (N-methyl/N-ethyl adjacent to an activating group) is 1. The Morgan fingerprint density at radius 2 is 2.22 bits per heavy atom. The lowest BCUT2D eigenvalue weighted by Crippen LogP contribution is -2.45. The maximum atomic E-state index is 12.0. The minimum atomic E-state index is -0.251. The molecular weight excluding hydrogens is 294 g/mol. The number of hydrogen-bond donors (Lipinski definition) is 2. The van der Waals surface area contributed by atoms with Crippen molar-refractivity contribution in [3.8, 4) is 0 Å². The standard InChI is InChI=1S/C16H27N5O2/c1-16(2,3)19-15(23)9-20(4)13-8-14(18-11-17-13)21-7-5-6-12(21)10-22/h8,11-12,22H,5-7,9-10H2,1-4H3,(H,19,23)/t12-/m1/s1. The lowest BCUT2D eigenvalue weighted by Gasteiger charge is -2.26. The van der Waals surface area contributed by atoms with Crippen molar-refractivity contribution in [1.82, 2.24) is 15.3 Å². The number of nitrogens with zero attached hydrogens (tertiary/aromatic N) is 4. The van der Waals surface area contributed by atoms with Gasteiger partial charge in [-0.1, -0.05) is 0 Å². The maximum absolute atomic E-state index is 12.0. The smallest absolute Gasteiger partial charge is 0.239 e. The summed E-state index contributed by atoms with van der Waals surface area (Å²) in [6.45, 7) is 7.11. The van der Waals surface area contributed by atoms with Crippen molar-refractivity contribution in [1.29, 1.82) is 0 Å². The van der Waals surface area contributed by atoms with Crippen molar-refractivity contribution in [2.45, 2.75) is 45.2 Å². The molecule has 0 radical (unpaired) electrons. The molecule has 1 saturated heterocycles. The summed E-state index contributed by atoms with van der Waals surface area (Å²) in [7, 11) is 1.84. The molecule has 0 aliphatic carbocycles. The zero-order valence-electron chi connectivity index (χ0n) is 14.4. The number of aromatic nitrogens is 2. The summed E-state index contributed by atoms with van der Waals surface area (Å²) in [5.74, 6) is 1.45. The van der Waals surface area contributed by atoms with Gasteiger partial charge in [0.15, 0.2) is 0 Å². The summed E-state index contributed by atoms with van der Waals surface area (Å²) in [4.78, 5) is 24.5. The van der Waals surface area contributed by atoms with Crippen LogP contribution in [0.15, 0.2) is 12.4 Å². The molecule has 1 aliphatic rings. The van der Waals surface area contributed by atoms with Crippen LogP contribution in [0.1, 0.15) is 33.6 Å². The third kappa shape index (κ3) is 4.79. The average Bonchev–Trinajstić information content (AvgIpc) is 2.93. The third-order valence-corrected chi connectivity index (χ3v) is 3.81. The zero-order valence-corrected chi connectivity index (χ0v) is 14.4. The Kier molecular flexibility index (Phi) is 5.41. The van der Waals surface area contributed by atoms with E-state index in [1.165, 1.54) is 6.33 Å². The van der Waals surface area contributed by atoms with Crippen LogP contribution in [0.3, 0.4) is 0 Å². The van der Waals surface area contributed by atoms with E-state index < -0.39 is 0 Å². The van der Waals surface area contributed by atoms with E-state index in [-0.39, 0.29) is 30.6 Å².